The highest BCUT2D eigenvalue weighted by Crippen LogP contribution is 2.34. The van der Waals surface area contributed by atoms with Crippen molar-refractivity contribution in [1.82, 2.24) is 4.57 Å². The smallest absolute Gasteiger partial charge is 0.449 e. The molecule has 0 saturated heterocycles. The lowest BCUT2D eigenvalue weighted by atomic mass is 10.0. The van der Waals surface area contributed by atoms with Crippen LogP contribution in [0.15, 0.2) is 12.1 Å². The molecule has 0 unspecified atom stereocenters. The second kappa shape index (κ2) is 4.93. The minimum atomic E-state index is -1.31. The molecule has 1 heterocycles. The molecule has 3 N–H and O–H groups in total. The summed E-state index contributed by atoms with van der Waals surface area (Å²) in [4.78, 5) is 10.8. The SMILES string of the molecule is Cc1cc(C)c2c(CCN)c(OC(=O)O)n(C)c2c1. The first-order valence-electron chi connectivity index (χ1n) is 6.15. The molecule has 0 spiro atoms. The zero-order valence-electron chi connectivity index (χ0n) is 11.4. The van der Waals surface area contributed by atoms with E-state index >= 15 is 0 Å². The van der Waals surface area contributed by atoms with Crippen LogP contribution in [-0.4, -0.2) is 22.4 Å². The molecule has 0 radical (unpaired) electrons. The van der Waals surface area contributed by atoms with Gasteiger partial charge in [-0.2, -0.15) is 0 Å². The van der Waals surface area contributed by atoms with Crippen molar-refractivity contribution in [1.29, 1.82) is 0 Å². The fourth-order valence-electron chi connectivity index (χ4n) is 2.61. The van der Waals surface area contributed by atoms with Crippen molar-refractivity contribution in [2.45, 2.75) is 20.3 Å². The summed E-state index contributed by atoms with van der Waals surface area (Å²) in [6.07, 6.45) is -0.720. The largest absolute Gasteiger partial charge is 0.512 e. The van der Waals surface area contributed by atoms with E-state index in [1.807, 2.05) is 19.9 Å². The predicted octanol–water partition coefficient (Wildman–Crippen LogP) is 2.35. The number of nitrogens with two attached hydrogens (primary N) is 1. The number of aromatic nitrogens is 1. The standard InChI is InChI=1S/C14H18N2O3/c1-8-6-9(2)12-10(4-5-15)13(19-14(17)18)16(3)11(12)7-8/h6-7H,4-5,15H2,1-3H3,(H,17,18). The molecule has 0 fully saturated rings. The molecule has 0 saturated carbocycles. The first-order valence-corrected chi connectivity index (χ1v) is 6.15. The molecule has 1 aromatic carbocycles. The minimum absolute atomic E-state index is 0.363. The van der Waals surface area contributed by atoms with Crippen molar-refractivity contribution in [3.05, 3.63) is 28.8 Å². The monoisotopic (exact) mass is 262 g/mol. The van der Waals surface area contributed by atoms with Gasteiger partial charge in [0, 0.05) is 18.0 Å². The lowest BCUT2D eigenvalue weighted by Gasteiger charge is -2.04. The average Bonchev–Trinajstić information content (AvgIpc) is 2.55. The van der Waals surface area contributed by atoms with Gasteiger partial charge in [0.1, 0.15) is 0 Å². The number of ether oxygens (including phenoxy) is 1. The van der Waals surface area contributed by atoms with Gasteiger partial charge in [-0.3, -0.25) is 0 Å². The molecule has 102 valence electrons. The van der Waals surface area contributed by atoms with Crippen LogP contribution in [0.1, 0.15) is 16.7 Å². The van der Waals surface area contributed by atoms with E-state index in [1.165, 1.54) is 0 Å². The molecule has 0 aliphatic carbocycles. The highest BCUT2D eigenvalue weighted by molar-refractivity contribution is 5.91. The molecular formula is C14H18N2O3. The van der Waals surface area contributed by atoms with Crippen molar-refractivity contribution in [2.24, 2.45) is 12.8 Å². The Morgan fingerprint density at radius 1 is 1.42 bits per heavy atom. The summed E-state index contributed by atoms with van der Waals surface area (Å²) in [6.45, 7) is 4.47. The third-order valence-corrected chi connectivity index (χ3v) is 3.26. The van der Waals surface area contributed by atoms with Crippen LogP contribution >= 0.6 is 0 Å². The van der Waals surface area contributed by atoms with Gasteiger partial charge in [-0.05, 0) is 44.0 Å². The Labute approximate surface area is 111 Å². The molecule has 5 heteroatoms. The summed E-state index contributed by atoms with van der Waals surface area (Å²) in [5, 5.41) is 9.90. The van der Waals surface area contributed by atoms with Crippen LogP contribution in [0.25, 0.3) is 10.9 Å². The number of aryl methyl sites for hydroxylation is 3. The first kappa shape index (κ1) is 13.4. The van der Waals surface area contributed by atoms with Crippen LogP contribution < -0.4 is 10.5 Å². The number of hydrogen-bond acceptors (Lipinski definition) is 3. The predicted molar refractivity (Wildman–Crippen MR) is 73.8 cm³/mol. The number of benzene rings is 1. The second-order valence-corrected chi connectivity index (χ2v) is 4.73. The third kappa shape index (κ3) is 2.29. The molecule has 0 bridgehead atoms. The molecule has 0 atom stereocenters. The number of fused-ring (bicyclic) bond motifs is 1. The highest BCUT2D eigenvalue weighted by Gasteiger charge is 2.19. The van der Waals surface area contributed by atoms with E-state index < -0.39 is 6.16 Å². The Morgan fingerprint density at radius 2 is 2.11 bits per heavy atom. The normalized spacial score (nSPS) is 10.9. The van der Waals surface area contributed by atoms with Gasteiger partial charge in [-0.15, -0.1) is 0 Å². The first-order chi connectivity index (χ1) is 8.95. The molecular weight excluding hydrogens is 244 g/mol. The van der Waals surface area contributed by atoms with E-state index in [9.17, 15) is 4.79 Å². The molecule has 0 amide bonds. The maximum Gasteiger partial charge on any atom is 0.512 e. The van der Waals surface area contributed by atoms with E-state index in [2.05, 4.69) is 6.07 Å². The van der Waals surface area contributed by atoms with Crippen LogP contribution in [0.5, 0.6) is 5.88 Å². The topological polar surface area (TPSA) is 77.5 Å². The van der Waals surface area contributed by atoms with E-state index in [0.717, 1.165) is 27.6 Å². The molecule has 0 aliphatic rings. The fourth-order valence-corrected chi connectivity index (χ4v) is 2.61. The van der Waals surface area contributed by atoms with E-state index in [4.69, 9.17) is 15.6 Å². The van der Waals surface area contributed by atoms with E-state index in [0.29, 0.717) is 18.8 Å². The third-order valence-electron chi connectivity index (χ3n) is 3.26. The van der Waals surface area contributed by atoms with Gasteiger partial charge >= 0.3 is 6.16 Å². The Kier molecular flexibility index (Phi) is 3.48. The van der Waals surface area contributed by atoms with Gasteiger partial charge in [0.05, 0.1) is 5.52 Å². The Balaban J connectivity index is 2.79. The summed E-state index contributed by atoms with van der Waals surface area (Å²) in [6, 6.07) is 4.10. The quantitative estimate of drug-likeness (QED) is 0.832. The van der Waals surface area contributed by atoms with Crippen LogP contribution in [0, 0.1) is 13.8 Å². The van der Waals surface area contributed by atoms with Crippen molar-refractivity contribution in [3.63, 3.8) is 0 Å². The Morgan fingerprint density at radius 3 is 2.68 bits per heavy atom. The number of rotatable bonds is 3. The second-order valence-electron chi connectivity index (χ2n) is 4.73. The maximum atomic E-state index is 10.8. The van der Waals surface area contributed by atoms with Gasteiger partial charge < -0.3 is 20.1 Å². The van der Waals surface area contributed by atoms with E-state index in [1.54, 1.807) is 11.6 Å². The summed E-state index contributed by atoms with van der Waals surface area (Å²) < 4.78 is 6.70. The van der Waals surface area contributed by atoms with Crippen LogP contribution in [0.4, 0.5) is 4.79 Å². The highest BCUT2D eigenvalue weighted by atomic mass is 16.7. The number of nitrogens with zero attached hydrogens (tertiary/aromatic N) is 1. The van der Waals surface area contributed by atoms with Crippen molar-refractivity contribution in [2.75, 3.05) is 6.54 Å². The van der Waals surface area contributed by atoms with Crippen molar-refractivity contribution < 1.29 is 14.6 Å². The van der Waals surface area contributed by atoms with Gasteiger partial charge in [0.2, 0.25) is 5.88 Å². The number of hydrogen-bond donors (Lipinski definition) is 2. The average molecular weight is 262 g/mol. The number of carbonyl (C=O) groups is 1. The lowest BCUT2D eigenvalue weighted by Crippen LogP contribution is -2.10. The van der Waals surface area contributed by atoms with Gasteiger partial charge in [-0.25, -0.2) is 4.79 Å². The molecule has 2 rings (SSSR count). The van der Waals surface area contributed by atoms with Crippen LogP contribution in [-0.2, 0) is 13.5 Å². The maximum absolute atomic E-state index is 10.8. The zero-order chi connectivity index (χ0) is 14.2. The summed E-state index contributed by atoms with van der Waals surface area (Å²) >= 11 is 0. The molecule has 2 aromatic rings. The van der Waals surface area contributed by atoms with Crippen LogP contribution in [0.3, 0.4) is 0 Å². The van der Waals surface area contributed by atoms with Crippen molar-refractivity contribution in [3.8, 4) is 5.88 Å². The molecule has 5 nitrogen and oxygen atoms in total. The van der Waals surface area contributed by atoms with Gasteiger partial charge in [-0.1, -0.05) is 6.07 Å². The van der Waals surface area contributed by atoms with Gasteiger partial charge in [0.15, 0.2) is 0 Å². The molecule has 19 heavy (non-hydrogen) atoms. The lowest BCUT2D eigenvalue weighted by molar-refractivity contribution is 0.141. The van der Waals surface area contributed by atoms with E-state index in [-0.39, 0.29) is 0 Å². The Bertz CT molecular complexity index is 644. The fraction of sp³-hybridized carbons (Fsp3) is 0.357. The molecule has 0 aliphatic heterocycles. The minimum Gasteiger partial charge on any atom is -0.449 e. The molecule has 1 aromatic heterocycles. The summed E-state index contributed by atoms with van der Waals surface area (Å²) in [5.74, 6) is 0.363. The van der Waals surface area contributed by atoms with Gasteiger partial charge in [0.25, 0.3) is 0 Å². The zero-order valence-corrected chi connectivity index (χ0v) is 11.4. The number of carboxylic acid groups (broad SMARTS) is 1. The summed E-state index contributed by atoms with van der Waals surface area (Å²) in [5.41, 5.74) is 9.70. The summed E-state index contributed by atoms with van der Waals surface area (Å²) in [7, 11) is 1.81. The Hall–Kier alpha value is -2.01. The van der Waals surface area contributed by atoms with Crippen molar-refractivity contribution >= 4 is 17.1 Å². The van der Waals surface area contributed by atoms with Crippen LogP contribution in [0.2, 0.25) is 0 Å².